The largest absolute Gasteiger partial charge is 0.334 e. The van der Waals surface area contributed by atoms with Crippen LogP contribution in [0, 0.1) is 0 Å². The van der Waals surface area contributed by atoms with Crippen LogP contribution >= 0.6 is 0 Å². The molecule has 1 aromatic heterocycles. The number of imide groups is 1. The predicted molar refractivity (Wildman–Crippen MR) is 122 cm³/mol. The standard InChI is InChI=1S/C24H25N5O4/c1-3-24(16-10-6-5-7-11-16)22(32)29(23(33)27-24)15-20(30)28(4-2)14-19-25-18-13-9-8-12-17(18)21(31)26-19/h5-13H,3-4,14-15H2,1-2H3,(H,27,33)(H,25,26,31). The minimum Gasteiger partial charge on any atom is -0.334 e. The van der Waals surface area contributed by atoms with Gasteiger partial charge in [-0.15, -0.1) is 0 Å². The van der Waals surface area contributed by atoms with Crippen LogP contribution in [0.1, 0.15) is 31.7 Å². The zero-order valence-corrected chi connectivity index (χ0v) is 18.5. The lowest BCUT2D eigenvalue weighted by atomic mass is 9.87. The van der Waals surface area contributed by atoms with Gasteiger partial charge in [0.1, 0.15) is 17.9 Å². The number of benzene rings is 2. The normalized spacial score (nSPS) is 17.9. The Labute approximate surface area is 190 Å². The molecule has 0 aliphatic carbocycles. The third kappa shape index (κ3) is 3.97. The molecule has 33 heavy (non-hydrogen) atoms. The van der Waals surface area contributed by atoms with Crippen LogP contribution in [0.25, 0.3) is 10.9 Å². The van der Waals surface area contributed by atoms with Crippen molar-refractivity contribution in [3.63, 3.8) is 0 Å². The number of para-hydroxylation sites is 1. The molecule has 2 aromatic carbocycles. The van der Waals surface area contributed by atoms with Crippen molar-refractivity contribution in [3.8, 4) is 0 Å². The van der Waals surface area contributed by atoms with E-state index in [1.807, 2.05) is 13.0 Å². The second kappa shape index (κ2) is 8.85. The highest BCUT2D eigenvalue weighted by atomic mass is 16.2. The van der Waals surface area contributed by atoms with Gasteiger partial charge in [-0.05, 0) is 31.0 Å². The summed E-state index contributed by atoms with van der Waals surface area (Å²) >= 11 is 0. The molecule has 4 amide bonds. The lowest BCUT2D eigenvalue weighted by molar-refractivity contribution is -0.139. The fourth-order valence-corrected chi connectivity index (χ4v) is 4.13. The number of hydrogen-bond donors (Lipinski definition) is 2. The van der Waals surface area contributed by atoms with E-state index in [0.29, 0.717) is 35.3 Å². The maximum absolute atomic E-state index is 13.3. The van der Waals surface area contributed by atoms with E-state index in [2.05, 4.69) is 15.3 Å². The summed E-state index contributed by atoms with van der Waals surface area (Å²) in [5, 5.41) is 3.24. The second-order valence-corrected chi connectivity index (χ2v) is 7.88. The zero-order valence-electron chi connectivity index (χ0n) is 18.5. The lowest BCUT2D eigenvalue weighted by Crippen LogP contribution is -2.45. The Hall–Kier alpha value is -4.01. The predicted octanol–water partition coefficient (Wildman–Crippen LogP) is 2.13. The fourth-order valence-electron chi connectivity index (χ4n) is 4.13. The first-order valence-electron chi connectivity index (χ1n) is 10.8. The van der Waals surface area contributed by atoms with Crippen LogP contribution < -0.4 is 10.9 Å². The van der Waals surface area contributed by atoms with E-state index in [0.717, 1.165) is 4.90 Å². The molecular weight excluding hydrogens is 422 g/mol. The summed E-state index contributed by atoms with van der Waals surface area (Å²) in [5.41, 5.74) is -0.278. The van der Waals surface area contributed by atoms with Crippen molar-refractivity contribution in [2.75, 3.05) is 13.1 Å². The lowest BCUT2D eigenvalue weighted by Gasteiger charge is -2.26. The van der Waals surface area contributed by atoms with E-state index in [-0.39, 0.29) is 12.1 Å². The van der Waals surface area contributed by atoms with Crippen molar-refractivity contribution in [3.05, 3.63) is 76.3 Å². The Morgan fingerprint density at radius 2 is 1.73 bits per heavy atom. The number of hydrogen-bond acceptors (Lipinski definition) is 5. The number of urea groups is 1. The number of aromatic amines is 1. The van der Waals surface area contributed by atoms with E-state index in [1.54, 1.807) is 55.5 Å². The molecule has 1 aliphatic rings. The average molecular weight is 447 g/mol. The van der Waals surface area contributed by atoms with Gasteiger partial charge >= 0.3 is 6.03 Å². The third-order valence-electron chi connectivity index (χ3n) is 6.00. The molecule has 0 radical (unpaired) electrons. The average Bonchev–Trinajstić information content (AvgIpc) is 3.08. The molecule has 1 saturated heterocycles. The number of aromatic nitrogens is 2. The Morgan fingerprint density at radius 3 is 2.42 bits per heavy atom. The zero-order chi connectivity index (χ0) is 23.6. The van der Waals surface area contributed by atoms with Gasteiger partial charge in [-0.2, -0.15) is 0 Å². The summed E-state index contributed by atoms with van der Waals surface area (Å²) in [6.07, 6.45) is 0.353. The van der Waals surface area contributed by atoms with Gasteiger partial charge in [0.05, 0.1) is 17.4 Å². The van der Waals surface area contributed by atoms with Gasteiger partial charge < -0.3 is 15.2 Å². The van der Waals surface area contributed by atoms with E-state index in [1.165, 1.54) is 4.90 Å². The first-order chi connectivity index (χ1) is 15.9. The molecule has 0 spiro atoms. The number of nitrogens with zero attached hydrogens (tertiary/aromatic N) is 3. The van der Waals surface area contributed by atoms with Gasteiger partial charge in [0.15, 0.2) is 0 Å². The van der Waals surface area contributed by atoms with Gasteiger partial charge in [-0.1, -0.05) is 49.4 Å². The minimum absolute atomic E-state index is 0.0522. The van der Waals surface area contributed by atoms with Gasteiger partial charge in [0.2, 0.25) is 5.91 Å². The summed E-state index contributed by atoms with van der Waals surface area (Å²) in [4.78, 5) is 60.9. The quantitative estimate of drug-likeness (QED) is 0.539. The summed E-state index contributed by atoms with van der Waals surface area (Å²) in [6, 6.07) is 15.3. The molecule has 3 aromatic rings. The van der Waals surface area contributed by atoms with Crippen LogP contribution in [0.15, 0.2) is 59.4 Å². The highest BCUT2D eigenvalue weighted by molar-refractivity contribution is 6.09. The topological polar surface area (TPSA) is 115 Å². The molecule has 9 heteroatoms. The highest BCUT2D eigenvalue weighted by Gasteiger charge is 2.51. The van der Waals surface area contributed by atoms with Crippen molar-refractivity contribution >= 4 is 28.7 Å². The highest BCUT2D eigenvalue weighted by Crippen LogP contribution is 2.32. The number of H-pyrrole nitrogens is 1. The molecule has 1 atom stereocenters. The number of fused-ring (bicyclic) bond motifs is 1. The van der Waals surface area contributed by atoms with Gasteiger partial charge in [0.25, 0.3) is 11.5 Å². The third-order valence-corrected chi connectivity index (χ3v) is 6.00. The Balaban J connectivity index is 1.54. The molecule has 0 saturated carbocycles. The van der Waals surface area contributed by atoms with Crippen LogP contribution in [0.3, 0.4) is 0 Å². The second-order valence-electron chi connectivity index (χ2n) is 7.88. The van der Waals surface area contributed by atoms with Crippen LogP contribution in [-0.4, -0.2) is 50.7 Å². The number of likely N-dealkylation sites (N-methyl/N-ethyl adjacent to an activating group) is 1. The first-order valence-corrected chi connectivity index (χ1v) is 10.8. The number of carbonyl (C=O) groups is 3. The summed E-state index contributed by atoms with van der Waals surface area (Å²) in [6.45, 7) is 3.57. The van der Waals surface area contributed by atoms with Crippen molar-refractivity contribution < 1.29 is 14.4 Å². The van der Waals surface area contributed by atoms with E-state index >= 15 is 0 Å². The number of rotatable bonds is 7. The molecule has 1 aliphatic heterocycles. The van der Waals surface area contributed by atoms with Gasteiger partial charge in [0, 0.05) is 6.54 Å². The van der Waals surface area contributed by atoms with Crippen LogP contribution in [0.4, 0.5) is 4.79 Å². The van der Waals surface area contributed by atoms with Crippen molar-refractivity contribution in [2.24, 2.45) is 0 Å². The SMILES string of the molecule is CCN(Cc1nc2ccccc2c(=O)[nH]1)C(=O)CN1C(=O)NC(CC)(c2ccccc2)C1=O. The monoisotopic (exact) mass is 447 g/mol. The summed E-state index contributed by atoms with van der Waals surface area (Å²) < 4.78 is 0. The molecule has 4 rings (SSSR count). The Kier molecular flexibility index (Phi) is 5.95. The van der Waals surface area contributed by atoms with Gasteiger partial charge in [-0.25, -0.2) is 9.78 Å². The van der Waals surface area contributed by atoms with E-state index in [9.17, 15) is 19.2 Å². The van der Waals surface area contributed by atoms with Crippen molar-refractivity contribution in [1.29, 1.82) is 0 Å². The minimum atomic E-state index is -1.19. The number of amides is 4. The van der Waals surface area contributed by atoms with E-state index in [4.69, 9.17) is 0 Å². The van der Waals surface area contributed by atoms with E-state index < -0.39 is 29.9 Å². The first kappa shape index (κ1) is 22.2. The number of carbonyl (C=O) groups excluding carboxylic acids is 3. The summed E-state index contributed by atoms with van der Waals surface area (Å²) in [7, 11) is 0. The molecule has 170 valence electrons. The Morgan fingerprint density at radius 1 is 1.03 bits per heavy atom. The molecule has 1 unspecified atom stereocenters. The summed E-state index contributed by atoms with van der Waals surface area (Å²) in [5.74, 6) is -0.544. The van der Waals surface area contributed by atoms with Crippen molar-refractivity contribution in [1.82, 2.24) is 25.1 Å². The van der Waals surface area contributed by atoms with Gasteiger partial charge in [-0.3, -0.25) is 19.3 Å². The molecule has 2 heterocycles. The van der Waals surface area contributed by atoms with Crippen molar-refractivity contribution in [2.45, 2.75) is 32.4 Å². The Bertz CT molecular complexity index is 1270. The smallest absolute Gasteiger partial charge is 0.325 e. The molecule has 9 nitrogen and oxygen atoms in total. The van der Waals surface area contributed by atoms with Crippen LogP contribution in [-0.2, 0) is 21.7 Å². The molecular formula is C24H25N5O4. The van der Waals surface area contributed by atoms with Crippen LogP contribution in [0.2, 0.25) is 0 Å². The molecule has 0 bridgehead atoms. The maximum Gasteiger partial charge on any atom is 0.325 e. The fraction of sp³-hybridized carbons (Fsp3) is 0.292. The molecule has 2 N–H and O–H groups in total. The maximum atomic E-state index is 13.3. The van der Waals surface area contributed by atoms with Crippen LogP contribution in [0.5, 0.6) is 0 Å². The number of nitrogens with one attached hydrogen (secondary N) is 2. The molecule has 1 fully saturated rings.